The molecule has 3 nitrogen and oxygen atoms in total. The number of hydrogen-bond donors (Lipinski definition) is 1. The number of hydrogen-bond acceptors (Lipinski definition) is 3. The predicted octanol–water partition coefficient (Wildman–Crippen LogP) is 3.99. The number of halogens is 2. The first-order valence-corrected chi connectivity index (χ1v) is 6.04. The van der Waals surface area contributed by atoms with Crippen LogP contribution in [0.2, 0.25) is 10.0 Å². The van der Waals surface area contributed by atoms with Gasteiger partial charge in [0.15, 0.2) is 0 Å². The first-order chi connectivity index (χ1) is 8.52. The largest absolute Gasteiger partial charge is 0.495 e. The van der Waals surface area contributed by atoms with E-state index in [0.717, 1.165) is 5.76 Å². The van der Waals surface area contributed by atoms with Gasteiger partial charge < -0.3 is 14.3 Å². The van der Waals surface area contributed by atoms with Crippen LogP contribution in [0.1, 0.15) is 23.0 Å². The van der Waals surface area contributed by atoms with Gasteiger partial charge in [0.1, 0.15) is 17.6 Å². The Kier molecular flexibility index (Phi) is 3.85. The van der Waals surface area contributed by atoms with Gasteiger partial charge in [-0.2, -0.15) is 0 Å². The molecule has 2 rings (SSSR count). The van der Waals surface area contributed by atoms with Gasteiger partial charge in [0.05, 0.1) is 23.4 Å². The Balaban J connectivity index is 2.42. The van der Waals surface area contributed by atoms with Gasteiger partial charge in [-0.05, 0) is 19.1 Å². The molecule has 0 bridgehead atoms. The van der Waals surface area contributed by atoms with E-state index in [1.54, 1.807) is 25.1 Å². The van der Waals surface area contributed by atoms with Crippen LogP contribution < -0.4 is 4.74 Å². The molecule has 0 spiro atoms. The molecular weight excluding hydrogens is 275 g/mol. The van der Waals surface area contributed by atoms with Crippen LogP contribution in [0.3, 0.4) is 0 Å². The Morgan fingerprint density at radius 1 is 1.22 bits per heavy atom. The van der Waals surface area contributed by atoms with Crippen molar-refractivity contribution < 1.29 is 14.3 Å². The normalized spacial score (nSPS) is 12.5. The molecule has 0 amide bonds. The fourth-order valence-corrected chi connectivity index (χ4v) is 2.20. The summed E-state index contributed by atoms with van der Waals surface area (Å²) in [6.45, 7) is 1.80. The van der Waals surface area contributed by atoms with Crippen molar-refractivity contribution in [2.45, 2.75) is 13.0 Å². The van der Waals surface area contributed by atoms with Crippen LogP contribution in [0, 0.1) is 6.92 Å². The SMILES string of the molecule is COc1cc(Cl)c(C(O)c2coc(C)c2)cc1Cl. The Labute approximate surface area is 115 Å². The Morgan fingerprint density at radius 3 is 2.50 bits per heavy atom. The van der Waals surface area contributed by atoms with Crippen LogP contribution in [0.5, 0.6) is 5.75 Å². The number of aliphatic hydroxyl groups is 1. The van der Waals surface area contributed by atoms with E-state index in [1.807, 2.05) is 0 Å². The van der Waals surface area contributed by atoms with E-state index in [4.69, 9.17) is 32.4 Å². The molecule has 1 N–H and O–H groups in total. The lowest BCUT2D eigenvalue weighted by Crippen LogP contribution is -2.00. The van der Waals surface area contributed by atoms with Crippen LogP contribution in [-0.4, -0.2) is 12.2 Å². The van der Waals surface area contributed by atoms with Crippen molar-refractivity contribution in [1.82, 2.24) is 0 Å². The number of furan rings is 1. The van der Waals surface area contributed by atoms with Crippen molar-refractivity contribution >= 4 is 23.2 Å². The van der Waals surface area contributed by atoms with E-state index in [1.165, 1.54) is 13.4 Å². The van der Waals surface area contributed by atoms with E-state index < -0.39 is 6.10 Å². The molecular formula is C13H12Cl2O3. The van der Waals surface area contributed by atoms with Gasteiger partial charge >= 0.3 is 0 Å². The summed E-state index contributed by atoms with van der Waals surface area (Å²) in [6, 6.07) is 4.92. The van der Waals surface area contributed by atoms with Crippen LogP contribution in [0.15, 0.2) is 28.9 Å². The molecule has 1 unspecified atom stereocenters. The summed E-state index contributed by atoms with van der Waals surface area (Å²) in [7, 11) is 1.51. The molecule has 5 heteroatoms. The highest BCUT2D eigenvalue weighted by atomic mass is 35.5. The van der Waals surface area contributed by atoms with Gasteiger partial charge in [-0.3, -0.25) is 0 Å². The second-order valence-electron chi connectivity index (χ2n) is 3.90. The fraction of sp³-hybridized carbons (Fsp3) is 0.231. The van der Waals surface area contributed by atoms with Gasteiger partial charge in [-0.1, -0.05) is 23.2 Å². The molecule has 0 aliphatic heterocycles. The number of methoxy groups -OCH3 is 1. The lowest BCUT2D eigenvalue weighted by molar-refractivity contribution is 0.219. The molecule has 1 atom stereocenters. The third-order valence-electron chi connectivity index (χ3n) is 2.63. The average molecular weight is 287 g/mol. The van der Waals surface area contributed by atoms with Crippen molar-refractivity contribution in [3.8, 4) is 5.75 Å². The molecule has 0 saturated carbocycles. The molecule has 0 radical (unpaired) electrons. The quantitative estimate of drug-likeness (QED) is 0.928. The van der Waals surface area contributed by atoms with Crippen molar-refractivity contribution in [1.29, 1.82) is 0 Å². The Hall–Kier alpha value is -1.16. The summed E-state index contributed by atoms with van der Waals surface area (Å²) >= 11 is 12.1. The monoisotopic (exact) mass is 286 g/mol. The highest BCUT2D eigenvalue weighted by Gasteiger charge is 2.18. The Morgan fingerprint density at radius 2 is 1.94 bits per heavy atom. The molecule has 1 heterocycles. The third-order valence-corrected chi connectivity index (χ3v) is 3.25. The number of aliphatic hydroxyl groups excluding tert-OH is 1. The smallest absolute Gasteiger partial charge is 0.138 e. The van der Waals surface area contributed by atoms with Crippen LogP contribution >= 0.6 is 23.2 Å². The van der Waals surface area contributed by atoms with Crippen LogP contribution in [-0.2, 0) is 0 Å². The van der Waals surface area contributed by atoms with Gasteiger partial charge in [-0.15, -0.1) is 0 Å². The zero-order chi connectivity index (χ0) is 13.3. The minimum absolute atomic E-state index is 0.391. The predicted molar refractivity (Wildman–Crippen MR) is 70.5 cm³/mol. The van der Waals surface area contributed by atoms with Crippen LogP contribution in [0.25, 0.3) is 0 Å². The summed E-state index contributed by atoms with van der Waals surface area (Å²) in [6.07, 6.45) is 0.618. The standard InChI is InChI=1S/C13H12Cl2O3/c1-7-3-8(6-18-7)13(16)9-4-11(15)12(17-2)5-10(9)14/h3-6,13,16H,1-2H3. The minimum Gasteiger partial charge on any atom is -0.495 e. The average Bonchev–Trinajstić information content (AvgIpc) is 2.77. The molecule has 0 aliphatic rings. The number of ether oxygens (including phenoxy) is 1. The lowest BCUT2D eigenvalue weighted by Gasteiger charge is -2.13. The molecule has 96 valence electrons. The molecule has 0 fully saturated rings. The fourth-order valence-electron chi connectivity index (χ4n) is 1.70. The maximum Gasteiger partial charge on any atom is 0.138 e. The zero-order valence-electron chi connectivity index (χ0n) is 9.91. The van der Waals surface area contributed by atoms with Crippen LogP contribution in [0.4, 0.5) is 0 Å². The van der Waals surface area contributed by atoms with Gasteiger partial charge in [-0.25, -0.2) is 0 Å². The summed E-state index contributed by atoms with van der Waals surface area (Å²) in [5, 5.41) is 11.0. The number of benzene rings is 1. The van der Waals surface area contributed by atoms with Gasteiger partial charge in [0, 0.05) is 17.2 Å². The molecule has 0 saturated heterocycles. The van der Waals surface area contributed by atoms with Crippen molar-refractivity contribution in [2.24, 2.45) is 0 Å². The lowest BCUT2D eigenvalue weighted by atomic mass is 10.0. The summed E-state index contributed by atoms with van der Waals surface area (Å²) in [5.41, 5.74) is 1.15. The zero-order valence-corrected chi connectivity index (χ0v) is 11.4. The summed E-state index contributed by atoms with van der Waals surface area (Å²) in [5.74, 6) is 1.20. The van der Waals surface area contributed by atoms with E-state index in [2.05, 4.69) is 0 Å². The molecule has 1 aromatic heterocycles. The van der Waals surface area contributed by atoms with Crippen molar-refractivity contribution in [3.05, 3.63) is 51.4 Å². The minimum atomic E-state index is -0.877. The molecule has 2 aromatic rings. The second kappa shape index (κ2) is 5.22. The van der Waals surface area contributed by atoms with Gasteiger partial charge in [0.25, 0.3) is 0 Å². The van der Waals surface area contributed by atoms with Crippen molar-refractivity contribution in [3.63, 3.8) is 0 Å². The highest BCUT2D eigenvalue weighted by Crippen LogP contribution is 2.36. The second-order valence-corrected chi connectivity index (χ2v) is 4.72. The maximum atomic E-state index is 10.2. The molecule has 0 aliphatic carbocycles. The Bertz CT molecular complexity index is 563. The first kappa shape index (κ1) is 13.3. The van der Waals surface area contributed by atoms with Gasteiger partial charge in [0.2, 0.25) is 0 Å². The topological polar surface area (TPSA) is 42.6 Å². The highest BCUT2D eigenvalue weighted by molar-refractivity contribution is 6.34. The van der Waals surface area contributed by atoms with E-state index in [9.17, 15) is 5.11 Å². The van der Waals surface area contributed by atoms with E-state index in [-0.39, 0.29) is 0 Å². The van der Waals surface area contributed by atoms with Crippen molar-refractivity contribution in [2.75, 3.05) is 7.11 Å². The number of rotatable bonds is 3. The number of aryl methyl sites for hydroxylation is 1. The summed E-state index contributed by atoms with van der Waals surface area (Å²) in [4.78, 5) is 0. The first-order valence-electron chi connectivity index (χ1n) is 5.29. The molecule has 18 heavy (non-hydrogen) atoms. The molecule has 1 aromatic carbocycles. The summed E-state index contributed by atoms with van der Waals surface area (Å²) < 4.78 is 10.2. The van der Waals surface area contributed by atoms with E-state index >= 15 is 0 Å². The third kappa shape index (κ3) is 2.48. The van der Waals surface area contributed by atoms with E-state index in [0.29, 0.717) is 26.9 Å². The maximum absolute atomic E-state index is 10.2.